The molecule has 0 radical (unpaired) electrons. The van der Waals surface area contributed by atoms with Gasteiger partial charge in [-0.3, -0.25) is 4.98 Å². The Morgan fingerprint density at radius 2 is 2.20 bits per heavy atom. The fourth-order valence-corrected chi connectivity index (χ4v) is 1.21. The Balaban J connectivity index is 2.49. The van der Waals surface area contributed by atoms with Gasteiger partial charge in [0.05, 0.1) is 18.0 Å². The van der Waals surface area contributed by atoms with Gasteiger partial charge in [0.1, 0.15) is 11.6 Å². The molecule has 0 aliphatic carbocycles. The van der Waals surface area contributed by atoms with Crippen LogP contribution in [0.15, 0.2) is 12.4 Å². The quantitative estimate of drug-likeness (QED) is 0.766. The molecule has 0 unspecified atom stereocenters. The van der Waals surface area contributed by atoms with Crippen LogP contribution >= 0.6 is 0 Å². The van der Waals surface area contributed by atoms with Gasteiger partial charge in [0.2, 0.25) is 0 Å². The van der Waals surface area contributed by atoms with Crippen molar-refractivity contribution in [2.24, 2.45) is 0 Å². The van der Waals surface area contributed by atoms with Crippen molar-refractivity contribution >= 4 is 11.6 Å². The zero-order chi connectivity index (χ0) is 11.3. The molecule has 0 bridgehead atoms. The van der Waals surface area contributed by atoms with Crippen LogP contribution in [0.25, 0.3) is 0 Å². The molecular formula is C10H18N4O. The van der Waals surface area contributed by atoms with E-state index in [9.17, 15) is 0 Å². The van der Waals surface area contributed by atoms with E-state index in [1.165, 1.54) is 6.20 Å². The standard InChI is InChI=1S/C10H18N4O/c1-4-15-10(2,3)7-13-9-6-12-5-8(11)14-9/h5-6H,4,7H2,1-3H3,(H3,11,13,14). The molecule has 5 heteroatoms. The van der Waals surface area contributed by atoms with Gasteiger partial charge in [0.25, 0.3) is 0 Å². The molecule has 0 atom stereocenters. The summed E-state index contributed by atoms with van der Waals surface area (Å²) < 4.78 is 5.54. The number of nitrogens with two attached hydrogens (primary N) is 1. The number of hydrogen-bond donors (Lipinski definition) is 2. The van der Waals surface area contributed by atoms with Crippen molar-refractivity contribution in [3.63, 3.8) is 0 Å². The summed E-state index contributed by atoms with van der Waals surface area (Å²) in [4.78, 5) is 8.03. The molecular weight excluding hydrogens is 192 g/mol. The maximum Gasteiger partial charge on any atom is 0.147 e. The number of rotatable bonds is 5. The van der Waals surface area contributed by atoms with Gasteiger partial charge in [-0.1, -0.05) is 0 Å². The Kier molecular flexibility index (Phi) is 3.85. The third-order valence-corrected chi connectivity index (χ3v) is 1.88. The summed E-state index contributed by atoms with van der Waals surface area (Å²) >= 11 is 0. The smallest absolute Gasteiger partial charge is 0.147 e. The van der Waals surface area contributed by atoms with Crippen LogP contribution in [-0.2, 0) is 4.74 Å². The monoisotopic (exact) mass is 210 g/mol. The average Bonchev–Trinajstić information content (AvgIpc) is 2.15. The lowest BCUT2D eigenvalue weighted by molar-refractivity contribution is 0.000640. The minimum absolute atomic E-state index is 0.221. The molecule has 0 amide bonds. The van der Waals surface area contributed by atoms with Gasteiger partial charge in [0.15, 0.2) is 0 Å². The summed E-state index contributed by atoms with van der Waals surface area (Å²) in [6.45, 7) is 7.37. The Morgan fingerprint density at radius 3 is 2.80 bits per heavy atom. The van der Waals surface area contributed by atoms with E-state index < -0.39 is 0 Å². The minimum atomic E-state index is -0.221. The lowest BCUT2D eigenvalue weighted by atomic mass is 10.1. The second-order valence-electron chi connectivity index (χ2n) is 3.88. The lowest BCUT2D eigenvalue weighted by Crippen LogP contribution is -2.33. The van der Waals surface area contributed by atoms with E-state index in [-0.39, 0.29) is 5.60 Å². The number of aromatic nitrogens is 2. The fraction of sp³-hybridized carbons (Fsp3) is 0.600. The zero-order valence-corrected chi connectivity index (χ0v) is 9.45. The highest BCUT2D eigenvalue weighted by atomic mass is 16.5. The van der Waals surface area contributed by atoms with Crippen LogP contribution in [0.5, 0.6) is 0 Å². The van der Waals surface area contributed by atoms with Gasteiger partial charge < -0.3 is 15.8 Å². The highest BCUT2D eigenvalue weighted by Gasteiger charge is 2.17. The molecule has 1 aromatic rings. The van der Waals surface area contributed by atoms with Crippen molar-refractivity contribution in [2.75, 3.05) is 24.2 Å². The summed E-state index contributed by atoms with van der Waals surface area (Å²) in [6, 6.07) is 0. The Labute approximate surface area is 90.1 Å². The van der Waals surface area contributed by atoms with Crippen molar-refractivity contribution in [3.8, 4) is 0 Å². The SMILES string of the molecule is CCOC(C)(C)CNc1cncc(N)n1. The van der Waals surface area contributed by atoms with Crippen LogP contribution in [0.3, 0.4) is 0 Å². The molecule has 1 heterocycles. The summed E-state index contributed by atoms with van der Waals surface area (Å²) in [5.41, 5.74) is 5.29. The molecule has 0 saturated carbocycles. The number of nitrogens with zero attached hydrogens (tertiary/aromatic N) is 2. The van der Waals surface area contributed by atoms with Gasteiger partial charge in [-0.25, -0.2) is 4.98 Å². The van der Waals surface area contributed by atoms with Crippen molar-refractivity contribution in [1.82, 2.24) is 9.97 Å². The number of anilines is 2. The molecule has 0 fully saturated rings. The zero-order valence-electron chi connectivity index (χ0n) is 9.45. The minimum Gasteiger partial charge on any atom is -0.382 e. The number of hydrogen-bond acceptors (Lipinski definition) is 5. The molecule has 1 rings (SSSR count). The number of nitrogens with one attached hydrogen (secondary N) is 1. The predicted octanol–water partition coefficient (Wildman–Crippen LogP) is 1.29. The molecule has 84 valence electrons. The van der Waals surface area contributed by atoms with Gasteiger partial charge in [-0.2, -0.15) is 0 Å². The lowest BCUT2D eigenvalue weighted by Gasteiger charge is -2.25. The normalized spacial score (nSPS) is 11.4. The fourth-order valence-electron chi connectivity index (χ4n) is 1.21. The topological polar surface area (TPSA) is 73.1 Å². The maximum atomic E-state index is 5.54. The van der Waals surface area contributed by atoms with Crippen LogP contribution in [0.1, 0.15) is 20.8 Å². The summed E-state index contributed by atoms with van der Waals surface area (Å²) in [5.74, 6) is 1.08. The third kappa shape index (κ3) is 4.12. The summed E-state index contributed by atoms with van der Waals surface area (Å²) in [6.07, 6.45) is 3.15. The van der Waals surface area contributed by atoms with Gasteiger partial charge in [0, 0.05) is 13.2 Å². The first-order valence-electron chi connectivity index (χ1n) is 4.99. The molecule has 1 aromatic heterocycles. The van der Waals surface area contributed by atoms with Crippen molar-refractivity contribution < 1.29 is 4.74 Å². The molecule has 3 N–H and O–H groups in total. The van der Waals surface area contributed by atoms with Crippen molar-refractivity contribution in [3.05, 3.63) is 12.4 Å². The van der Waals surface area contributed by atoms with Crippen LogP contribution in [0, 0.1) is 0 Å². The van der Waals surface area contributed by atoms with E-state index in [0.29, 0.717) is 24.8 Å². The Hall–Kier alpha value is -1.36. The molecule has 0 spiro atoms. The van der Waals surface area contributed by atoms with E-state index in [1.54, 1.807) is 6.20 Å². The van der Waals surface area contributed by atoms with E-state index in [2.05, 4.69) is 15.3 Å². The highest BCUT2D eigenvalue weighted by molar-refractivity contribution is 5.38. The van der Waals surface area contributed by atoms with Gasteiger partial charge >= 0.3 is 0 Å². The van der Waals surface area contributed by atoms with E-state index >= 15 is 0 Å². The first-order valence-corrected chi connectivity index (χ1v) is 4.99. The number of nitrogen functional groups attached to an aromatic ring is 1. The molecule has 0 aromatic carbocycles. The molecule has 0 saturated heterocycles. The third-order valence-electron chi connectivity index (χ3n) is 1.88. The summed E-state index contributed by atoms with van der Waals surface area (Å²) in [7, 11) is 0. The Morgan fingerprint density at radius 1 is 1.47 bits per heavy atom. The second-order valence-corrected chi connectivity index (χ2v) is 3.88. The molecule has 5 nitrogen and oxygen atoms in total. The summed E-state index contributed by atoms with van der Waals surface area (Å²) in [5, 5.41) is 3.13. The van der Waals surface area contributed by atoms with Gasteiger partial charge in [-0.05, 0) is 20.8 Å². The van der Waals surface area contributed by atoms with Crippen LogP contribution in [-0.4, -0.2) is 28.7 Å². The van der Waals surface area contributed by atoms with Crippen LogP contribution in [0.4, 0.5) is 11.6 Å². The van der Waals surface area contributed by atoms with E-state index in [4.69, 9.17) is 10.5 Å². The van der Waals surface area contributed by atoms with Crippen LogP contribution in [0.2, 0.25) is 0 Å². The first-order chi connectivity index (χ1) is 7.03. The Bertz CT molecular complexity index is 314. The highest BCUT2D eigenvalue weighted by Crippen LogP contribution is 2.11. The number of ether oxygens (including phenoxy) is 1. The molecule has 0 aliphatic heterocycles. The van der Waals surface area contributed by atoms with Crippen molar-refractivity contribution in [2.45, 2.75) is 26.4 Å². The van der Waals surface area contributed by atoms with E-state index in [1.807, 2.05) is 20.8 Å². The van der Waals surface area contributed by atoms with E-state index in [0.717, 1.165) is 0 Å². The molecule has 0 aliphatic rings. The maximum absolute atomic E-state index is 5.54. The first kappa shape index (κ1) is 11.7. The van der Waals surface area contributed by atoms with Gasteiger partial charge in [-0.15, -0.1) is 0 Å². The second kappa shape index (κ2) is 4.93. The molecule has 15 heavy (non-hydrogen) atoms. The largest absolute Gasteiger partial charge is 0.382 e. The predicted molar refractivity (Wildman–Crippen MR) is 60.6 cm³/mol. The average molecular weight is 210 g/mol. The van der Waals surface area contributed by atoms with Crippen molar-refractivity contribution in [1.29, 1.82) is 0 Å². The van der Waals surface area contributed by atoms with Crippen LogP contribution < -0.4 is 11.1 Å².